The summed E-state index contributed by atoms with van der Waals surface area (Å²) in [5.74, 6) is -0.693. The smallest absolute Gasteiger partial charge is 0.416 e. The number of carbonyl (C=O) groups is 2. The number of benzene rings is 2. The molecule has 19 heteroatoms. The molecule has 1 aliphatic rings. The van der Waals surface area contributed by atoms with E-state index in [1.807, 2.05) is 43.7 Å². The Bertz CT molecular complexity index is 3100. The van der Waals surface area contributed by atoms with E-state index in [4.69, 9.17) is 9.47 Å². The molecule has 0 radical (unpaired) electrons. The fourth-order valence-electron chi connectivity index (χ4n) is 7.61. The Labute approximate surface area is 387 Å². The molecule has 0 N–H and O–H groups in total. The van der Waals surface area contributed by atoms with Gasteiger partial charge in [0.1, 0.15) is 22.2 Å². The molecular weight excluding hydrogens is 918 g/mol. The van der Waals surface area contributed by atoms with Crippen LogP contribution in [-0.4, -0.2) is 53.7 Å². The summed E-state index contributed by atoms with van der Waals surface area (Å²) in [5.41, 5.74) is 2.02. The van der Waals surface area contributed by atoms with Crippen molar-refractivity contribution in [1.29, 1.82) is 0 Å². The molecule has 6 heterocycles. The predicted octanol–water partition coefficient (Wildman–Crippen LogP) is 10.9. The highest BCUT2D eigenvalue weighted by molar-refractivity contribution is 7.18. The van der Waals surface area contributed by atoms with Gasteiger partial charge >= 0.3 is 18.1 Å². The van der Waals surface area contributed by atoms with E-state index in [0.29, 0.717) is 37.3 Å². The molecule has 6 aromatic heterocycles. The van der Waals surface area contributed by atoms with Crippen molar-refractivity contribution in [2.75, 3.05) is 0 Å². The Morgan fingerprint density at radius 3 is 1.78 bits per heavy atom. The van der Waals surface area contributed by atoms with E-state index in [1.165, 1.54) is 49.4 Å². The van der Waals surface area contributed by atoms with E-state index in [1.54, 1.807) is 22.1 Å². The summed E-state index contributed by atoms with van der Waals surface area (Å²) in [6.45, 7) is 6.29. The van der Waals surface area contributed by atoms with Crippen LogP contribution in [0.1, 0.15) is 98.7 Å². The SMILES string of the molecule is C.CCC(CC)OC(=O)Cc1nn(Cc2nc3cc(C)ccc3s2)c(=O)c2cscc12.O=C(Cc1nn(Cc2nc3cc(C(F)(F)F)ccc3s2)c(=O)c2cscc12)OC1CCCCC1. The zero-order chi connectivity index (χ0) is 45.1. The molecule has 0 atom stereocenters. The first-order chi connectivity index (χ1) is 30.8. The predicted molar refractivity (Wildman–Crippen MR) is 253 cm³/mol. The maximum atomic E-state index is 13.0. The van der Waals surface area contributed by atoms with Crippen molar-refractivity contribution in [3.8, 4) is 0 Å². The van der Waals surface area contributed by atoms with Crippen LogP contribution in [0.4, 0.5) is 13.2 Å². The fraction of sp³-hybridized carbons (Fsp3) is 0.391. The monoisotopic (exact) mass is 964 g/mol. The number of nitrogens with zero attached hydrogens (tertiary/aromatic N) is 6. The molecule has 1 aliphatic carbocycles. The second-order valence-electron chi connectivity index (χ2n) is 15.6. The number of aryl methyl sites for hydroxylation is 1. The number of aromatic nitrogens is 6. The number of rotatable bonds is 12. The van der Waals surface area contributed by atoms with Crippen LogP contribution in [0.2, 0.25) is 0 Å². The minimum Gasteiger partial charge on any atom is -0.462 e. The highest BCUT2D eigenvalue weighted by atomic mass is 32.1. The summed E-state index contributed by atoms with van der Waals surface area (Å²) in [6, 6.07) is 9.53. The van der Waals surface area contributed by atoms with Crippen LogP contribution in [0.25, 0.3) is 42.0 Å². The number of thiazole rings is 2. The van der Waals surface area contributed by atoms with E-state index < -0.39 is 11.7 Å². The Hall–Kier alpha value is -5.37. The fourth-order valence-corrected chi connectivity index (χ4v) is 11.1. The van der Waals surface area contributed by atoms with Crippen molar-refractivity contribution in [3.05, 3.63) is 111 Å². The second kappa shape index (κ2) is 20.4. The maximum Gasteiger partial charge on any atom is 0.416 e. The zero-order valence-corrected chi connectivity index (χ0v) is 38.4. The lowest BCUT2D eigenvalue weighted by atomic mass is 9.98. The summed E-state index contributed by atoms with van der Waals surface area (Å²) >= 11 is 5.53. The van der Waals surface area contributed by atoms with Gasteiger partial charge in [0.2, 0.25) is 0 Å². The van der Waals surface area contributed by atoms with Gasteiger partial charge < -0.3 is 9.47 Å². The van der Waals surface area contributed by atoms with Gasteiger partial charge in [0.25, 0.3) is 11.1 Å². The summed E-state index contributed by atoms with van der Waals surface area (Å²) in [4.78, 5) is 59.9. The Balaban J connectivity index is 0.000000192. The van der Waals surface area contributed by atoms with Crippen LogP contribution < -0.4 is 11.1 Å². The minimum atomic E-state index is -4.46. The van der Waals surface area contributed by atoms with Crippen molar-refractivity contribution in [2.24, 2.45) is 0 Å². The molecule has 0 saturated heterocycles. The van der Waals surface area contributed by atoms with Crippen LogP contribution in [0, 0.1) is 6.92 Å². The number of fused-ring (bicyclic) bond motifs is 4. The molecule has 0 unspecified atom stereocenters. The third-order valence-electron chi connectivity index (χ3n) is 11.0. The van der Waals surface area contributed by atoms with Gasteiger partial charge in [0.15, 0.2) is 0 Å². The van der Waals surface area contributed by atoms with Crippen molar-refractivity contribution in [2.45, 2.75) is 117 Å². The number of hydrogen-bond acceptors (Lipinski definition) is 14. The van der Waals surface area contributed by atoms with E-state index in [-0.39, 0.29) is 74.1 Å². The molecule has 1 saturated carbocycles. The standard InChI is InChI=1S/C23H20F3N3O3S2.C22H23N3O3S2.CH4/c24-23(25,26)13-6-7-19-18(8-13)27-20(34-19)10-29-22(31)16-12-33-11-15(16)17(28-29)9-21(30)32-14-4-2-1-3-5-14;1-4-14(5-2)28-21(26)9-17-15-11-29-12-16(15)22(27)25(24-17)10-20-23-18-8-13(3)6-7-19(18)30-20;/h6-8,11-12,14H,1-5,9-10H2;6-8,11-12,14H,4-5,9-10H2,1-3H3;1H4. The zero-order valence-electron chi connectivity index (χ0n) is 35.1. The third kappa shape index (κ3) is 11.0. The molecule has 342 valence electrons. The van der Waals surface area contributed by atoms with Gasteiger partial charge in [-0.25, -0.2) is 19.3 Å². The van der Waals surface area contributed by atoms with Crippen molar-refractivity contribution >= 4 is 99.3 Å². The lowest BCUT2D eigenvalue weighted by Crippen LogP contribution is -2.27. The summed E-state index contributed by atoms with van der Waals surface area (Å²) in [5, 5.41) is 19.8. The number of carbonyl (C=O) groups excluding carboxylic acids is 2. The number of halogens is 3. The number of esters is 2. The Morgan fingerprint density at radius 2 is 1.25 bits per heavy atom. The molecule has 0 aliphatic heterocycles. The van der Waals surface area contributed by atoms with Gasteiger partial charge in [-0.2, -0.15) is 46.0 Å². The van der Waals surface area contributed by atoms with Crippen LogP contribution in [-0.2, 0) is 51.2 Å². The van der Waals surface area contributed by atoms with E-state index in [2.05, 4.69) is 26.2 Å². The largest absolute Gasteiger partial charge is 0.462 e. The molecular formula is C46H47F3N6O6S4. The van der Waals surface area contributed by atoms with Crippen LogP contribution in [0.15, 0.2) is 67.5 Å². The molecule has 8 aromatic rings. The first-order valence-corrected chi connectivity index (χ1v) is 24.4. The lowest BCUT2D eigenvalue weighted by molar-refractivity contribution is -0.150. The first-order valence-electron chi connectivity index (χ1n) is 20.9. The Morgan fingerprint density at radius 1 is 0.738 bits per heavy atom. The average Bonchev–Trinajstić information content (AvgIpc) is 4.10. The molecule has 1 fully saturated rings. The minimum absolute atomic E-state index is 0. The van der Waals surface area contributed by atoms with E-state index in [0.717, 1.165) is 83.3 Å². The first kappa shape index (κ1) is 47.6. The van der Waals surface area contributed by atoms with Crippen LogP contribution in [0.5, 0.6) is 0 Å². The van der Waals surface area contributed by atoms with Gasteiger partial charge in [-0.05, 0) is 81.3 Å². The van der Waals surface area contributed by atoms with E-state index in [9.17, 15) is 32.3 Å². The molecule has 0 bridgehead atoms. The molecule has 65 heavy (non-hydrogen) atoms. The van der Waals surface area contributed by atoms with Gasteiger partial charge in [-0.1, -0.05) is 33.8 Å². The molecule has 2 aromatic carbocycles. The van der Waals surface area contributed by atoms with Crippen LogP contribution >= 0.6 is 45.3 Å². The van der Waals surface area contributed by atoms with Crippen molar-refractivity contribution < 1.29 is 32.2 Å². The number of alkyl halides is 3. The van der Waals surface area contributed by atoms with Gasteiger partial charge in [-0.3, -0.25) is 19.2 Å². The second-order valence-corrected chi connectivity index (χ2v) is 19.3. The lowest BCUT2D eigenvalue weighted by Gasteiger charge is -2.21. The number of ether oxygens (including phenoxy) is 2. The molecule has 12 nitrogen and oxygen atoms in total. The Kier molecular flexibility index (Phi) is 15.0. The molecule has 9 rings (SSSR count). The normalized spacial score (nSPS) is 13.3. The maximum absolute atomic E-state index is 13.0. The number of thiophene rings is 2. The summed E-state index contributed by atoms with van der Waals surface area (Å²) in [7, 11) is 0. The molecule has 0 spiro atoms. The average molecular weight is 965 g/mol. The summed E-state index contributed by atoms with van der Waals surface area (Å²) in [6.07, 6.45) is 1.89. The quantitative estimate of drug-likeness (QED) is 0.108. The van der Waals surface area contributed by atoms with Gasteiger partial charge in [-0.15, -0.1) is 22.7 Å². The summed E-state index contributed by atoms with van der Waals surface area (Å²) < 4.78 is 54.5. The molecule has 0 amide bonds. The van der Waals surface area contributed by atoms with Crippen LogP contribution in [0.3, 0.4) is 0 Å². The highest BCUT2D eigenvalue weighted by Crippen LogP contribution is 2.33. The van der Waals surface area contributed by atoms with Gasteiger partial charge in [0, 0.05) is 32.3 Å². The van der Waals surface area contributed by atoms with E-state index >= 15 is 0 Å². The number of hydrogen-bond donors (Lipinski definition) is 0. The topological polar surface area (TPSA) is 148 Å². The van der Waals surface area contributed by atoms with Crippen molar-refractivity contribution in [1.82, 2.24) is 29.5 Å². The third-order valence-corrected chi connectivity index (χ3v) is 14.5. The van der Waals surface area contributed by atoms with Gasteiger partial charge in [0.05, 0.1) is 74.1 Å². The highest BCUT2D eigenvalue weighted by Gasteiger charge is 2.31. The van der Waals surface area contributed by atoms with Crippen molar-refractivity contribution in [3.63, 3.8) is 0 Å².